The summed E-state index contributed by atoms with van der Waals surface area (Å²) in [4.78, 5) is 12.6. The van der Waals surface area contributed by atoms with Gasteiger partial charge >= 0.3 is 0 Å². The Balaban J connectivity index is 0.000000297. The largest absolute Gasteiger partial charge is 0.382 e. The minimum absolute atomic E-state index is 0.00287. The quantitative estimate of drug-likeness (QED) is 0.163. The van der Waals surface area contributed by atoms with Crippen molar-refractivity contribution in [1.29, 1.82) is 0 Å². The van der Waals surface area contributed by atoms with Gasteiger partial charge in [0.1, 0.15) is 0 Å². The Hall–Kier alpha value is -1.87. The Morgan fingerprint density at radius 1 is 0.588 bits per heavy atom. The van der Waals surface area contributed by atoms with Crippen LogP contribution in [0.25, 0.3) is 0 Å². The molecule has 2 aromatic heterocycles. The molecule has 0 bridgehead atoms. The molecule has 0 spiro atoms. The van der Waals surface area contributed by atoms with Crippen molar-refractivity contribution in [3.63, 3.8) is 0 Å². The highest BCUT2D eigenvalue weighted by atomic mass is 35.5. The van der Waals surface area contributed by atoms with Crippen molar-refractivity contribution < 1.29 is 28.4 Å². The zero-order valence-electron chi connectivity index (χ0n) is 29.9. The number of anilines is 2. The summed E-state index contributed by atoms with van der Waals surface area (Å²) in [5, 5.41) is 14.8. The highest BCUT2D eigenvalue weighted by Crippen LogP contribution is 2.21. The predicted octanol–water partition coefficient (Wildman–Crippen LogP) is 1.89. The van der Waals surface area contributed by atoms with Gasteiger partial charge in [-0.2, -0.15) is 4.98 Å². The van der Waals surface area contributed by atoms with E-state index in [0.29, 0.717) is 70.6 Å². The Kier molecular flexibility index (Phi) is 25.4. The molecule has 17 nitrogen and oxygen atoms in total. The number of hydrogen-bond donors (Lipinski definition) is 3. The maximum atomic E-state index is 5.85. The van der Waals surface area contributed by atoms with Gasteiger partial charge in [0, 0.05) is 39.8 Å². The first-order valence-electron chi connectivity index (χ1n) is 17.2. The minimum atomic E-state index is -0.00287. The molecule has 6 N–H and O–H groups in total. The molecule has 51 heavy (non-hydrogen) atoms. The maximum Gasteiger partial charge on any atom is 0.245 e. The van der Waals surface area contributed by atoms with Gasteiger partial charge < -0.3 is 55.4 Å². The van der Waals surface area contributed by atoms with E-state index < -0.39 is 0 Å². The van der Waals surface area contributed by atoms with Gasteiger partial charge in [0.2, 0.25) is 5.28 Å². The van der Waals surface area contributed by atoms with Crippen molar-refractivity contribution in [3.8, 4) is 0 Å². The molecule has 0 aromatic carbocycles. The summed E-state index contributed by atoms with van der Waals surface area (Å²) in [6.45, 7) is 12.9. The SMILES string of the molecule is COCCOCCOCCN1CCC(Cc2nnc(Cl)c(N)n2)CC1.COCCOCCOCCN1CCC(N)CC1.Nc1nc(Cl)nnc1Cl. The Bertz CT molecular complexity index is 1170. The molecular weight excluding hydrogens is 729 g/mol. The summed E-state index contributed by atoms with van der Waals surface area (Å²) in [6.07, 6.45) is 5.26. The van der Waals surface area contributed by atoms with Gasteiger partial charge in [0.15, 0.2) is 27.8 Å². The molecule has 0 atom stereocenters. The zero-order valence-corrected chi connectivity index (χ0v) is 32.2. The van der Waals surface area contributed by atoms with E-state index in [0.717, 1.165) is 84.6 Å². The van der Waals surface area contributed by atoms with Crippen molar-refractivity contribution in [2.45, 2.75) is 38.1 Å². The third kappa shape index (κ3) is 22.1. The third-order valence-corrected chi connectivity index (χ3v) is 8.58. The predicted molar refractivity (Wildman–Crippen MR) is 197 cm³/mol. The molecule has 2 saturated heterocycles. The minimum Gasteiger partial charge on any atom is -0.382 e. The number of methoxy groups -OCH3 is 2. The van der Waals surface area contributed by atoms with Gasteiger partial charge in [0.05, 0.1) is 66.1 Å². The lowest BCUT2D eigenvalue weighted by Crippen LogP contribution is -2.41. The summed E-state index contributed by atoms with van der Waals surface area (Å²) in [6, 6.07) is 0.404. The van der Waals surface area contributed by atoms with E-state index in [1.165, 1.54) is 0 Å². The Labute approximate surface area is 316 Å². The molecule has 2 aromatic rings. The van der Waals surface area contributed by atoms with Gasteiger partial charge in [-0.05, 0) is 69.4 Å². The normalized spacial score (nSPS) is 16.0. The molecule has 292 valence electrons. The summed E-state index contributed by atoms with van der Waals surface area (Å²) in [5.41, 5.74) is 16.7. The number of piperidine rings is 2. The van der Waals surface area contributed by atoms with E-state index in [4.69, 9.17) is 80.4 Å². The summed E-state index contributed by atoms with van der Waals surface area (Å²) >= 11 is 16.4. The average Bonchev–Trinajstić information content (AvgIpc) is 3.12. The smallest absolute Gasteiger partial charge is 0.245 e. The number of nitrogens with zero attached hydrogens (tertiary/aromatic N) is 8. The van der Waals surface area contributed by atoms with Crippen LogP contribution in [0.1, 0.15) is 31.5 Å². The van der Waals surface area contributed by atoms with Crippen LogP contribution in [-0.4, -0.2) is 166 Å². The van der Waals surface area contributed by atoms with Gasteiger partial charge in [-0.15, -0.1) is 20.4 Å². The lowest BCUT2D eigenvalue weighted by atomic mass is 9.93. The van der Waals surface area contributed by atoms with Crippen LogP contribution in [0.15, 0.2) is 0 Å². The van der Waals surface area contributed by atoms with Crippen LogP contribution < -0.4 is 17.2 Å². The van der Waals surface area contributed by atoms with E-state index in [-0.39, 0.29) is 27.2 Å². The second-order valence-electron chi connectivity index (χ2n) is 11.8. The van der Waals surface area contributed by atoms with Gasteiger partial charge in [0.25, 0.3) is 0 Å². The number of rotatable bonds is 20. The molecule has 2 aliphatic rings. The van der Waals surface area contributed by atoms with E-state index in [2.05, 4.69) is 40.2 Å². The second kappa shape index (κ2) is 28.6. The van der Waals surface area contributed by atoms with Gasteiger partial charge in [-0.3, -0.25) is 0 Å². The summed E-state index contributed by atoms with van der Waals surface area (Å²) in [5.74, 6) is 1.59. The molecule has 2 aliphatic heterocycles. The average molecular weight is 785 g/mol. The van der Waals surface area contributed by atoms with Crippen molar-refractivity contribution in [1.82, 2.24) is 40.2 Å². The number of ether oxygens (including phenoxy) is 6. The zero-order chi connectivity index (χ0) is 37.1. The van der Waals surface area contributed by atoms with E-state index in [1.54, 1.807) is 14.2 Å². The molecule has 20 heteroatoms. The summed E-state index contributed by atoms with van der Waals surface area (Å²) < 4.78 is 31.5. The highest BCUT2D eigenvalue weighted by Gasteiger charge is 2.21. The van der Waals surface area contributed by atoms with Crippen LogP contribution in [-0.2, 0) is 34.8 Å². The van der Waals surface area contributed by atoms with Crippen molar-refractivity contribution in [3.05, 3.63) is 21.4 Å². The Morgan fingerprint density at radius 2 is 1.02 bits per heavy atom. The number of aromatic nitrogens is 6. The number of hydrogen-bond acceptors (Lipinski definition) is 17. The van der Waals surface area contributed by atoms with E-state index in [1.807, 2.05) is 0 Å². The van der Waals surface area contributed by atoms with Gasteiger partial charge in [-0.25, -0.2) is 4.98 Å². The second-order valence-corrected chi connectivity index (χ2v) is 12.8. The highest BCUT2D eigenvalue weighted by molar-refractivity contribution is 6.32. The lowest BCUT2D eigenvalue weighted by Gasteiger charge is -2.31. The van der Waals surface area contributed by atoms with Crippen LogP contribution in [0.3, 0.4) is 0 Å². The monoisotopic (exact) mass is 783 g/mol. The molecule has 0 unspecified atom stereocenters. The summed E-state index contributed by atoms with van der Waals surface area (Å²) in [7, 11) is 3.34. The third-order valence-electron chi connectivity index (χ3n) is 7.88. The fourth-order valence-corrected chi connectivity index (χ4v) is 5.20. The lowest BCUT2D eigenvalue weighted by molar-refractivity contribution is 0.0173. The first-order valence-corrected chi connectivity index (χ1v) is 18.3. The number of nitrogen functional groups attached to an aromatic ring is 2. The molecule has 4 heterocycles. The molecular formula is C31H56Cl3N11O6. The molecule has 0 saturated carbocycles. The first kappa shape index (κ1) is 45.3. The van der Waals surface area contributed by atoms with Crippen LogP contribution in [0.2, 0.25) is 15.6 Å². The van der Waals surface area contributed by atoms with Gasteiger partial charge in [-0.1, -0.05) is 23.2 Å². The number of likely N-dealkylation sites (tertiary alicyclic amines) is 2. The van der Waals surface area contributed by atoms with Crippen LogP contribution in [0, 0.1) is 5.92 Å². The van der Waals surface area contributed by atoms with Crippen molar-refractivity contribution in [2.75, 3.05) is 131 Å². The number of nitrogens with two attached hydrogens (primary N) is 3. The standard InChI is InChI=1S/C16H28ClN5O3.C12H26N2O3.C3H2Cl2N4/c1-23-8-9-25-11-10-24-7-6-22-4-2-13(3-5-22)12-14-19-16(18)15(17)21-20-14;1-15-8-9-17-11-10-16-7-6-14-4-2-12(13)3-5-14;4-1-2(6)7-3(5)9-8-1/h13H,2-12H2,1H3,(H2,18,19,20);12H,2-11,13H2,1H3;(H2,6,7,9). The van der Waals surface area contributed by atoms with Crippen molar-refractivity contribution in [2.24, 2.45) is 11.7 Å². The molecule has 4 rings (SSSR count). The first-order chi connectivity index (χ1) is 24.7. The fraction of sp³-hybridized carbons (Fsp3) is 0.806. The number of halogens is 3. The van der Waals surface area contributed by atoms with E-state index in [9.17, 15) is 0 Å². The molecule has 2 fully saturated rings. The Morgan fingerprint density at radius 3 is 1.47 bits per heavy atom. The molecule has 0 radical (unpaired) electrons. The molecule has 0 amide bonds. The van der Waals surface area contributed by atoms with Crippen molar-refractivity contribution >= 4 is 46.4 Å². The maximum absolute atomic E-state index is 5.85. The van der Waals surface area contributed by atoms with Crippen LogP contribution in [0.4, 0.5) is 11.6 Å². The topological polar surface area (TPSA) is 217 Å². The fourth-order valence-electron chi connectivity index (χ4n) is 4.92. The van der Waals surface area contributed by atoms with Crippen LogP contribution in [0.5, 0.6) is 0 Å². The van der Waals surface area contributed by atoms with E-state index >= 15 is 0 Å². The van der Waals surface area contributed by atoms with Crippen LogP contribution >= 0.6 is 34.8 Å². The molecule has 0 aliphatic carbocycles.